The van der Waals surface area contributed by atoms with Crippen LogP contribution in [0.15, 0.2) is 12.3 Å². The standard InChI is InChI=1S/C12H20N4O4S/c1-21(18,19)16-5-2-3-10(7-16)9-20-12(17)8-15-6-4-11(13)14-15/h4,6,10H,2-3,5,7-9H2,1H3,(H2,13,14). The van der Waals surface area contributed by atoms with Crippen LogP contribution >= 0.6 is 0 Å². The largest absolute Gasteiger partial charge is 0.464 e. The summed E-state index contributed by atoms with van der Waals surface area (Å²) in [5, 5.41) is 3.90. The molecule has 0 spiro atoms. The Morgan fingerprint density at radius 3 is 2.95 bits per heavy atom. The van der Waals surface area contributed by atoms with E-state index in [1.54, 1.807) is 12.3 Å². The van der Waals surface area contributed by atoms with Gasteiger partial charge >= 0.3 is 5.97 Å². The Hall–Kier alpha value is -1.61. The summed E-state index contributed by atoms with van der Waals surface area (Å²) >= 11 is 0. The molecule has 1 aromatic heterocycles. The van der Waals surface area contributed by atoms with E-state index in [2.05, 4.69) is 5.10 Å². The number of rotatable bonds is 5. The van der Waals surface area contributed by atoms with Gasteiger partial charge in [0.05, 0.1) is 12.9 Å². The van der Waals surface area contributed by atoms with Crippen LogP contribution in [0, 0.1) is 5.92 Å². The number of hydrogen-bond donors (Lipinski definition) is 1. The second-order valence-electron chi connectivity index (χ2n) is 5.25. The number of nitrogens with two attached hydrogens (primary N) is 1. The zero-order valence-corrected chi connectivity index (χ0v) is 12.8. The minimum Gasteiger partial charge on any atom is -0.464 e. The van der Waals surface area contributed by atoms with Gasteiger partial charge in [0.15, 0.2) is 0 Å². The summed E-state index contributed by atoms with van der Waals surface area (Å²) in [5.41, 5.74) is 5.45. The highest BCUT2D eigenvalue weighted by Crippen LogP contribution is 2.18. The van der Waals surface area contributed by atoms with Crippen LogP contribution in [0.5, 0.6) is 0 Å². The maximum Gasteiger partial charge on any atom is 0.327 e. The van der Waals surface area contributed by atoms with Gasteiger partial charge in [-0.05, 0) is 18.9 Å². The normalized spacial score (nSPS) is 20.3. The zero-order valence-electron chi connectivity index (χ0n) is 11.9. The number of sulfonamides is 1. The first-order chi connectivity index (χ1) is 9.84. The van der Waals surface area contributed by atoms with Gasteiger partial charge in [-0.1, -0.05) is 0 Å². The minimum atomic E-state index is -3.18. The average molecular weight is 316 g/mol. The third-order valence-corrected chi connectivity index (χ3v) is 4.65. The highest BCUT2D eigenvalue weighted by atomic mass is 32.2. The lowest BCUT2D eigenvalue weighted by Crippen LogP contribution is -2.40. The Balaban J connectivity index is 1.78. The van der Waals surface area contributed by atoms with Crippen LogP contribution in [0.3, 0.4) is 0 Å². The molecule has 0 bridgehead atoms. The number of nitrogens with zero attached hydrogens (tertiary/aromatic N) is 3. The van der Waals surface area contributed by atoms with Crippen LogP contribution in [0.4, 0.5) is 5.82 Å². The first kappa shape index (κ1) is 15.8. The van der Waals surface area contributed by atoms with Gasteiger partial charge in [-0.15, -0.1) is 0 Å². The molecule has 2 rings (SSSR count). The van der Waals surface area contributed by atoms with Crippen LogP contribution in [0.25, 0.3) is 0 Å². The SMILES string of the molecule is CS(=O)(=O)N1CCCC(COC(=O)Cn2ccc(N)n2)C1. The highest BCUT2D eigenvalue weighted by molar-refractivity contribution is 7.88. The predicted octanol–water partition coefficient (Wildman–Crippen LogP) is -0.320. The molecule has 0 aliphatic carbocycles. The van der Waals surface area contributed by atoms with Crippen molar-refractivity contribution in [3.63, 3.8) is 0 Å². The van der Waals surface area contributed by atoms with Crippen molar-refractivity contribution in [2.45, 2.75) is 19.4 Å². The maximum atomic E-state index is 11.7. The molecule has 1 aliphatic heterocycles. The van der Waals surface area contributed by atoms with Gasteiger partial charge in [0.1, 0.15) is 12.4 Å². The third kappa shape index (κ3) is 4.71. The number of esters is 1. The quantitative estimate of drug-likeness (QED) is 0.746. The Kier molecular flexibility index (Phi) is 4.84. The number of anilines is 1. The van der Waals surface area contributed by atoms with E-state index in [0.717, 1.165) is 12.8 Å². The molecule has 21 heavy (non-hydrogen) atoms. The van der Waals surface area contributed by atoms with Crippen LogP contribution in [-0.2, 0) is 26.1 Å². The van der Waals surface area contributed by atoms with Crippen molar-refractivity contribution in [2.75, 3.05) is 31.7 Å². The summed E-state index contributed by atoms with van der Waals surface area (Å²) in [5.74, 6) is -0.0198. The zero-order chi connectivity index (χ0) is 15.5. The topological polar surface area (TPSA) is 108 Å². The lowest BCUT2D eigenvalue weighted by atomic mass is 10.0. The first-order valence-corrected chi connectivity index (χ1v) is 8.59. The van der Waals surface area contributed by atoms with Crippen LogP contribution in [0.2, 0.25) is 0 Å². The first-order valence-electron chi connectivity index (χ1n) is 6.74. The molecule has 1 aliphatic rings. The van der Waals surface area contributed by atoms with E-state index in [-0.39, 0.29) is 19.1 Å². The van der Waals surface area contributed by atoms with Crippen molar-refractivity contribution in [3.05, 3.63) is 12.3 Å². The number of nitrogen functional groups attached to an aromatic ring is 1. The Morgan fingerprint density at radius 1 is 1.57 bits per heavy atom. The molecule has 0 radical (unpaired) electrons. The summed E-state index contributed by atoms with van der Waals surface area (Å²) in [6.45, 7) is 1.16. The summed E-state index contributed by atoms with van der Waals surface area (Å²) < 4.78 is 31.0. The monoisotopic (exact) mass is 316 g/mol. The van der Waals surface area contributed by atoms with Gasteiger partial charge < -0.3 is 10.5 Å². The van der Waals surface area contributed by atoms with E-state index in [9.17, 15) is 13.2 Å². The molecule has 1 aromatic rings. The molecular formula is C12H20N4O4S. The van der Waals surface area contributed by atoms with Gasteiger partial charge in [0, 0.05) is 25.2 Å². The molecule has 118 valence electrons. The molecule has 0 amide bonds. The van der Waals surface area contributed by atoms with E-state index in [0.29, 0.717) is 18.9 Å². The molecule has 0 aromatic carbocycles. The van der Waals surface area contributed by atoms with Crippen molar-refractivity contribution in [1.82, 2.24) is 14.1 Å². The molecule has 2 heterocycles. The molecule has 9 heteroatoms. The smallest absolute Gasteiger partial charge is 0.327 e. The molecular weight excluding hydrogens is 296 g/mol. The van der Waals surface area contributed by atoms with Crippen molar-refractivity contribution < 1.29 is 17.9 Å². The minimum absolute atomic E-state index is 0.000287. The van der Waals surface area contributed by atoms with E-state index in [4.69, 9.17) is 10.5 Å². The fraction of sp³-hybridized carbons (Fsp3) is 0.667. The average Bonchev–Trinajstić information content (AvgIpc) is 2.81. The molecule has 0 saturated carbocycles. The summed E-state index contributed by atoms with van der Waals surface area (Å²) in [7, 11) is -3.18. The van der Waals surface area contributed by atoms with E-state index in [1.807, 2.05) is 0 Å². The highest BCUT2D eigenvalue weighted by Gasteiger charge is 2.26. The summed E-state index contributed by atoms with van der Waals surface area (Å²) in [4.78, 5) is 11.7. The number of ether oxygens (including phenoxy) is 1. The van der Waals surface area contributed by atoms with Gasteiger partial charge in [0.25, 0.3) is 0 Å². The number of aromatic nitrogens is 2. The van der Waals surface area contributed by atoms with Crippen LogP contribution in [-0.4, -0.2) is 54.4 Å². The van der Waals surface area contributed by atoms with Crippen molar-refractivity contribution >= 4 is 21.8 Å². The fourth-order valence-electron chi connectivity index (χ4n) is 2.32. The van der Waals surface area contributed by atoms with Gasteiger partial charge in [-0.3, -0.25) is 9.48 Å². The molecule has 1 atom stereocenters. The van der Waals surface area contributed by atoms with Crippen molar-refractivity contribution in [1.29, 1.82) is 0 Å². The molecule has 2 N–H and O–H groups in total. The van der Waals surface area contributed by atoms with Crippen LogP contribution < -0.4 is 5.73 Å². The molecule has 1 fully saturated rings. The summed E-state index contributed by atoms with van der Waals surface area (Å²) in [6.07, 6.45) is 4.44. The van der Waals surface area contributed by atoms with Gasteiger partial charge in [0.2, 0.25) is 10.0 Å². The third-order valence-electron chi connectivity index (χ3n) is 3.38. The van der Waals surface area contributed by atoms with Crippen molar-refractivity contribution in [3.8, 4) is 0 Å². The summed E-state index contributed by atoms with van der Waals surface area (Å²) in [6, 6.07) is 1.60. The fourth-order valence-corrected chi connectivity index (χ4v) is 3.26. The lowest BCUT2D eigenvalue weighted by molar-refractivity contribution is -0.146. The van der Waals surface area contributed by atoms with Crippen molar-refractivity contribution in [2.24, 2.45) is 5.92 Å². The number of carbonyl (C=O) groups excluding carboxylic acids is 1. The van der Waals surface area contributed by atoms with E-state index >= 15 is 0 Å². The van der Waals surface area contributed by atoms with Crippen LogP contribution in [0.1, 0.15) is 12.8 Å². The second-order valence-corrected chi connectivity index (χ2v) is 7.23. The van der Waals surface area contributed by atoms with Gasteiger partial charge in [-0.2, -0.15) is 5.10 Å². The van der Waals surface area contributed by atoms with E-state index in [1.165, 1.54) is 15.2 Å². The lowest BCUT2D eigenvalue weighted by Gasteiger charge is -2.30. The Bertz CT molecular complexity index is 598. The van der Waals surface area contributed by atoms with E-state index < -0.39 is 16.0 Å². The molecule has 8 nitrogen and oxygen atoms in total. The Labute approximate surface area is 123 Å². The van der Waals surface area contributed by atoms with Gasteiger partial charge in [-0.25, -0.2) is 12.7 Å². The number of piperidine rings is 1. The number of hydrogen-bond acceptors (Lipinski definition) is 6. The predicted molar refractivity (Wildman–Crippen MR) is 76.7 cm³/mol. The second kappa shape index (κ2) is 6.44. The molecule has 1 unspecified atom stereocenters. The number of carbonyl (C=O) groups is 1. The molecule has 1 saturated heterocycles. The Morgan fingerprint density at radius 2 is 2.33 bits per heavy atom. The maximum absolute atomic E-state index is 11.7.